The number of aromatic nitrogens is 2. The van der Waals surface area contributed by atoms with Crippen molar-refractivity contribution >= 4 is 11.8 Å². The summed E-state index contributed by atoms with van der Waals surface area (Å²) in [5, 5.41) is 11.8. The Morgan fingerprint density at radius 2 is 2.21 bits per heavy atom. The molecule has 0 unspecified atom stereocenters. The highest BCUT2D eigenvalue weighted by molar-refractivity contribution is 5.66. The summed E-state index contributed by atoms with van der Waals surface area (Å²) < 4.78 is 13.9. The van der Waals surface area contributed by atoms with Crippen LogP contribution in [0, 0.1) is 17.1 Å². The fraction of sp³-hybridized carbons (Fsp3) is 0.353. The summed E-state index contributed by atoms with van der Waals surface area (Å²) in [4.78, 5) is 11.0. The van der Waals surface area contributed by atoms with Gasteiger partial charge in [0.15, 0.2) is 0 Å². The number of halogens is 1. The maximum atomic E-state index is 13.9. The van der Waals surface area contributed by atoms with Crippen LogP contribution in [0.15, 0.2) is 24.3 Å². The van der Waals surface area contributed by atoms with Crippen LogP contribution in [0.1, 0.15) is 18.4 Å². The Kier molecular flexibility index (Phi) is 4.58. The Morgan fingerprint density at radius 1 is 1.38 bits per heavy atom. The maximum absolute atomic E-state index is 13.9. The SMILES string of the molecule is CNc1nc(-c2ccc(C#N)c(F)c2)cc(N2CCC[C@@H](N)C2)n1. The third-order valence-electron chi connectivity index (χ3n) is 4.10. The van der Waals surface area contributed by atoms with Crippen LogP contribution >= 0.6 is 0 Å². The van der Waals surface area contributed by atoms with Crippen molar-refractivity contribution in [3.63, 3.8) is 0 Å². The first kappa shape index (κ1) is 16.1. The zero-order valence-corrected chi connectivity index (χ0v) is 13.5. The van der Waals surface area contributed by atoms with Gasteiger partial charge in [0.05, 0.1) is 11.3 Å². The molecule has 3 rings (SSSR count). The molecule has 1 aliphatic rings. The molecule has 3 N–H and O–H groups in total. The third-order valence-corrected chi connectivity index (χ3v) is 4.10. The molecule has 1 aromatic heterocycles. The highest BCUT2D eigenvalue weighted by Gasteiger charge is 2.19. The van der Waals surface area contributed by atoms with Crippen molar-refractivity contribution < 1.29 is 4.39 Å². The molecule has 1 atom stereocenters. The smallest absolute Gasteiger partial charge is 0.224 e. The van der Waals surface area contributed by atoms with Gasteiger partial charge in [0, 0.05) is 37.8 Å². The highest BCUT2D eigenvalue weighted by atomic mass is 19.1. The molecule has 0 spiro atoms. The van der Waals surface area contributed by atoms with E-state index in [4.69, 9.17) is 11.0 Å². The third kappa shape index (κ3) is 3.29. The van der Waals surface area contributed by atoms with E-state index in [2.05, 4.69) is 20.2 Å². The van der Waals surface area contributed by atoms with Crippen molar-refractivity contribution in [2.75, 3.05) is 30.4 Å². The normalized spacial score (nSPS) is 17.4. The van der Waals surface area contributed by atoms with E-state index >= 15 is 0 Å². The predicted molar refractivity (Wildman–Crippen MR) is 91.1 cm³/mol. The van der Waals surface area contributed by atoms with Gasteiger partial charge in [-0.3, -0.25) is 0 Å². The van der Waals surface area contributed by atoms with Gasteiger partial charge in [0.25, 0.3) is 0 Å². The van der Waals surface area contributed by atoms with Crippen LogP contribution in [0.25, 0.3) is 11.3 Å². The number of nitrogens with zero attached hydrogens (tertiary/aromatic N) is 4. The molecule has 2 heterocycles. The molecule has 1 aromatic carbocycles. The number of anilines is 2. The number of nitrogens with two attached hydrogens (primary N) is 1. The zero-order chi connectivity index (χ0) is 17.1. The molecule has 0 bridgehead atoms. The second kappa shape index (κ2) is 6.81. The second-order valence-corrected chi connectivity index (χ2v) is 5.84. The number of hydrogen-bond acceptors (Lipinski definition) is 6. The van der Waals surface area contributed by atoms with Gasteiger partial charge in [-0.1, -0.05) is 6.07 Å². The van der Waals surface area contributed by atoms with E-state index in [1.807, 2.05) is 12.1 Å². The monoisotopic (exact) mass is 326 g/mol. The van der Waals surface area contributed by atoms with Crippen molar-refractivity contribution in [3.8, 4) is 17.3 Å². The molecule has 6 nitrogen and oxygen atoms in total. The molecule has 0 amide bonds. The van der Waals surface area contributed by atoms with Crippen LogP contribution in [-0.2, 0) is 0 Å². The lowest BCUT2D eigenvalue weighted by atomic mass is 10.1. The van der Waals surface area contributed by atoms with Crippen LogP contribution in [0.3, 0.4) is 0 Å². The predicted octanol–water partition coefficient (Wildman–Crippen LogP) is 2.12. The van der Waals surface area contributed by atoms with Gasteiger partial charge in [0.2, 0.25) is 5.95 Å². The molecule has 1 saturated heterocycles. The topological polar surface area (TPSA) is 90.9 Å². The van der Waals surface area contributed by atoms with E-state index in [0.29, 0.717) is 17.2 Å². The summed E-state index contributed by atoms with van der Waals surface area (Å²) in [5.74, 6) is 0.678. The minimum atomic E-state index is -0.554. The molecule has 0 saturated carbocycles. The Bertz CT molecular complexity index is 785. The van der Waals surface area contributed by atoms with Crippen LogP contribution in [0.5, 0.6) is 0 Å². The zero-order valence-electron chi connectivity index (χ0n) is 13.5. The minimum absolute atomic E-state index is 0.0175. The Morgan fingerprint density at radius 3 is 2.88 bits per heavy atom. The number of benzene rings is 1. The maximum Gasteiger partial charge on any atom is 0.224 e. The van der Waals surface area contributed by atoms with Gasteiger partial charge in [-0.05, 0) is 25.0 Å². The van der Waals surface area contributed by atoms with Crippen LogP contribution < -0.4 is 16.0 Å². The number of nitriles is 1. The van der Waals surface area contributed by atoms with Crippen molar-refractivity contribution in [1.82, 2.24) is 9.97 Å². The Hall–Kier alpha value is -2.72. The van der Waals surface area contributed by atoms with Crippen molar-refractivity contribution in [2.45, 2.75) is 18.9 Å². The fourth-order valence-corrected chi connectivity index (χ4v) is 2.84. The summed E-state index contributed by atoms with van der Waals surface area (Å²) in [6, 6.07) is 8.26. The summed E-state index contributed by atoms with van der Waals surface area (Å²) in [7, 11) is 1.74. The molecule has 1 fully saturated rings. The molecule has 0 aliphatic carbocycles. The minimum Gasteiger partial charge on any atom is -0.357 e. The first-order chi connectivity index (χ1) is 11.6. The van der Waals surface area contributed by atoms with E-state index < -0.39 is 5.82 Å². The summed E-state index contributed by atoms with van der Waals surface area (Å²) in [6.07, 6.45) is 2.02. The van der Waals surface area contributed by atoms with E-state index in [1.165, 1.54) is 12.1 Å². The van der Waals surface area contributed by atoms with Crippen molar-refractivity contribution in [1.29, 1.82) is 5.26 Å². The number of rotatable bonds is 3. The molecule has 7 heteroatoms. The molecule has 0 radical (unpaired) electrons. The molecule has 24 heavy (non-hydrogen) atoms. The first-order valence-corrected chi connectivity index (χ1v) is 7.88. The van der Waals surface area contributed by atoms with Gasteiger partial charge in [-0.2, -0.15) is 10.2 Å². The van der Waals surface area contributed by atoms with Crippen molar-refractivity contribution in [3.05, 3.63) is 35.6 Å². The first-order valence-electron chi connectivity index (χ1n) is 7.88. The highest BCUT2D eigenvalue weighted by Crippen LogP contribution is 2.26. The van der Waals surface area contributed by atoms with Gasteiger partial charge < -0.3 is 16.0 Å². The molecule has 2 aromatic rings. The van der Waals surface area contributed by atoms with Gasteiger partial charge in [-0.25, -0.2) is 9.37 Å². The summed E-state index contributed by atoms with van der Waals surface area (Å²) in [5.41, 5.74) is 7.28. The average Bonchev–Trinajstić information content (AvgIpc) is 2.61. The van der Waals surface area contributed by atoms with Gasteiger partial charge >= 0.3 is 0 Å². The Balaban J connectivity index is 2.00. The van der Waals surface area contributed by atoms with Crippen LogP contribution in [0.2, 0.25) is 0 Å². The quantitative estimate of drug-likeness (QED) is 0.898. The number of hydrogen-bond donors (Lipinski definition) is 2. The van der Waals surface area contributed by atoms with E-state index in [0.717, 1.165) is 31.7 Å². The van der Waals surface area contributed by atoms with E-state index in [-0.39, 0.29) is 11.6 Å². The van der Waals surface area contributed by atoms with Gasteiger partial charge in [-0.15, -0.1) is 0 Å². The molecular formula is C17H19FN6. The van der Waals surface area contributed by atoms with Crippen LogP contribution in [0.4, 0.5) is 16.2 Å². The molecule has 124 valence electrons. The van der Waals surface area contributed by atoms with E-state index in [1.54, 1.807) is 13.1 Å². The number of piperidine rings is 1. The lowest BCUT2D eigenvalue weighted by Gasteiger charge is -2.32. The van der Waals surface area contributed by atoms with E-state index in [9.17, 15) is 4.39 Å². The van der Waals surface area contributed by atoms with Crippen molar-refractivity contribution in [2.24, 2.45) is 5.73 Å². The molecular weight excluding hydrogens is 307 g/mol. The van der Waals surface area contributed by atoms with Crippen LogP contribution in [-0.4, -0.2) is 36.1 Å². The van der Waals surface area contributed by atoms with Gasteiger partial charge in [0.1, 0.15) is 17.7 Å². The standard InChI is InChI=1S/C17H19FN6/c1-21-17-22-15(11-4-5-12(9-19)14(18)7-11)8-16(23-17)24-6-2-3-13(20)10-24/h4-5,7-8,13H,2-3,6,10,20H2,1H3,(H,21,22,23)/t13-/m1/s1. The average molecular weight is 326 g/mol. The number of nitrogens with one attached hydrogen (secondary N) is 1. The summed E-state index contributed by atoms with van der Waals surface area (Å²) in [6.45, 7) is 1.62. The molecule has 1 aliphatic heterocycles. The summed E-state index contributed by atoms with van der Waals surface area (Å²) >= 11 is 0. The lowest BCUT2D eigenvalue weighted by molar-refractivity contribution is 0.503. The second-order valence-electron chi connectivity index (χ2n) is 5.84. The fourth-order valence-electron chi connectivity index (χ4n) is 2.84. The Labute approximate surface area is 140 Å². The lowest BCUT2D eigenvalue weighted by Crippen LogP contribution is -2.43. The largest absolute Gasteiger partial charge is 0.357 e.